The highest BCUT2D eigenvalue weighted by Crippen LogP contribution is 2.30. The first-order valence-electron chi connectivity index (χ1n) is 6.70. The second-order valence-electron chi connectivity index (χ2n) is 4.99. The Morgan fingerprint density at radius 1 is 1.14 bits per heavy atom. The Morgan fingerprint density at radius 3 is 2.33 bits per heavy atom. The second kappa shape index (κ2) is 6.83. The minimum absolute atomic E-state index is 0.140. The molecule has 2 nitrogen and oxygen atoms in total. The normalized spacial score (nSPS) is 13.0. The third-order valence-corrected chi connectivity index (χ3v) is 4.02. The maximum atomic E-state index is 11.9. The van der Waals surface area contributed by atoms with Crippen molar-refractivity contribution < 1.29 is 9.90 Å². The highest BCUT2D eigenvalue weighted by atomic mass is 79.9. The van der Waals surface area contributed by atoms with E-state index >= 15 is 0 Å². The molecule has 2 aromatic carbocycles. The minimum Gasteiger partial charge on any atom is -0.383 e. The van der Waals surface area contributed by atoms with Crippen molar-refractivity contribution in [2.75, 3.05) is 0 Å². The Balaban J connectivity index is 2.42. The molecule has 0 aliphatic heterocycles. The number of Topliss-reactive ketones (excluding diaryl/α,β-unsaturated/α-hetero) is 1. The number of rotatable bonds is 4. The van der Waals surface area contributed by atoms with E-state index in [4.69, 9.17) is 0 Å². The summed E-state index contributed by atoms with van der Waals surface area (Å²) in [4.78, 5) is 11.9. The molecule has 1 N–H and O–H groups in total. The number of hydrogen-bond acceptors (Lipinski definition) is 2. The number of carbonyl (C=O) groups excluding carboxylic acids is 1. The van der Waals surface area contributed by atoms with Gasteiger partial charge in [0.15, 0.2) is 5.78 Å². The number of carbonyl (C=O) groups is 1. The van der Waals surface area contributed by atoms with Crippen LogP contribution in [0.5, 0.6) is 0 Å². The SMILES string of the molecule is CC(=O)/C(=C\c1ccc(C)cc1)[C@@H](O)c1ccccc1Br. The van der Waals surface area contributed by atoms with Crippen LogP contribution < -0.4 is 0 Å². The van der Waals surface area contributed by atoms with Gasteiger partial charge in [-0.1, -0.05) is 64.0 Å². The summed E-state index contributed by atoms with van der Waals surface area (Å²) in [6.07, 6.45) is 0.797. The van der Waals surface area contributed by atoms with E-state index in [9.17, 15) is 9.90 Å². The Bertz CT molecular complexity index is 672. The molecule has 0 spiro atoms. The molecule has 0 bridgehead atoms. The predicted octanol–water partition coefficient (Wildman–Crippen LogP) is 4.46. The molecule has 0 amide bonds. The Labute approximate surface area is 133 Å². The molecule has 2 aromatic rings. The van der Waals surface area contributed by atoms with Gasteiger partial charge in [0.25, 0.3) is 0 Å². The highest BCUT2D eigenvalue weighted by molar-refractivity contribution is 9.10. The van der Waals surface area contributed by atoms with Crippen LogP contribution >= 0.6 is 15.9 Å². The van der Waals surface area contributed by atoms with Crippen LogP contribution in [0.2, 0.25) is 0 Å². The summed E-state index contributed by atoms with van der Waals surface area (Å²) < 4.78 is 0.786. The molecule has 0 aliphatic rings. The smallest absolute Gasteiger partial charge is 0.158 e. The number of aryl methyl sites for hydroxylation is 1. The lowest BCUT2D eigenvalue weighted by atomic mass is 9.96. The summed E-state index contributed by atoms with van der Waals surface area (Å²) in [5.74, 6) is -0.140. The van der Waals surface area contributed by atoms with Gasteiger partial charge in [0.05, 0.1) is 0 Å². The third kappa shape index (κ3) is 3.90. The zero-order chi connectivity index (χ0) is 15.4. The molecule has 1 atom stereocenters. The van der Waals surface area contributed by atoms with E-state index < -0.39 is 6.10 Å². The maximum absolute atomic E-state index is 11.9. The monoisotopic (exact) mass is 344 g/mol. The number of hydrogen-bond donors (Lipinski definition) is 1. The molecule has 0 fully saturated rings. The van der Waals surface area contributed by atoms with Crippen LogP contribution in [-0.4, -0.2) is 10.9 Å². The van der Waals surface area contributed by atoms with Crippen LogP contribution in [0.3, 0.4) is 0 Å². The van der Waals surface area contributed by atoms with Gasteiger partial charge in [0.2, 0.25) is 0 Å². The maximum Gasteiger partial charge on any atom is 0.158 e. The van der Waals surface area contributed by atoms with Crippen LogP contribution in [-0.2, 0) is 4.79 Å². The molecule has 3 heteroatoms. The van der Waals surface area contributed by atoms with Crippen molar-refractivity contribution in [3.05, 3.63) is 75.3 Å². The van der Waals surface area contributed by atoms with Gasteiger partial charge in [0, 0.05) is 10.0 Å². The van der Waals surface area contributed by atoms with Crippen molar-refractivity contribution in [2.45, 2.75) is 20.0 Å². The average molecular weight is 345 g/mol. The highest BCUT2D eigenvalue weighted by Gasteiger charge is 2.19. The molecular formula is C18H17BrO2. The fourth-order valence-electron chi connectivity index (χ4n) is 2.08. The van der Waals surface area contributed by atoms with Gasteiger partial charge in [-0.2, -0.15) is 0 Å². The predicted molar refractivity (Wildman–Crippen MR) is 88.9 cm³/mol. The quantitative estimate of drug-likeness (QED) is 0.831. The van der Waals surface area contributed by atoms with Gasteiger partial charge in [0.1, 0.15) is 6.10 Å². The summed E-state index contributed by atoms with van der Waals surface area (Å²) in [7, 11) is 0. The molecule has 2 rings (SSSR count). The summed E-state index contributed by atoms with van der Waals surface area (Å²) in [5.41, 5.74) is 3.12. The van der Waals surface area contributed by atoms with E-state index in [1.807, 2.05) is 49.4 Å². The lowest BCUT2D eigenvalue weighted by Crippen LogP contribution is -2.09. The van der Waals surface area contributed by atoms with E-state index in [1.54, 1.807) is 12.1 Å². The lowest BCUT2D eigenvalue weighted by molar-refractivity contribution is -0.114. The fourth-order valence-corrected chi connectivity index (χ4v) is 2.58. The molecule has 0 aliphatic carbocycles. The van der Waals surface area contributed by atoms with Crippen LogP contribution in [0.4, 0.5) is 0 Å². The van der Waals surface area contributed by atoms with Crippen LogP contribution in [0.25, 0.3) is 6.08 Å². The first kappa shape index (κ1) is 15.7. The number of ketones is 1. The van der Waals surface area contributed by atoms with Crippen LogP contribution in [0.1, 0.15) is 29.7 Å². The Kier molecular flexibility index (Phi) is 5.10. The zero-order valence-corrected chi connectivity index (χ0v) is 13.6. The number of aliphatic hydroxyl groups is 1. The summed E-state index contributed by atoms with van der Waals surface area (Å²) in [6.45, 7) is 3.48. The van der Waals surface area contributed by atoms with E-state index in [0.29, 0.717) is 11.1 Å². The molecule has 0 radical (unpaired) electrons. The van der Waals surface area contributed by atoms with Crippen molar-refractivity contribution in [3.8, 4) is 0 Å². The van der Waals surface area contributed by atoms with Gasteiger partial charge in [-0.25, -0.2) is 0 Å². The average Bonchev–Trinajstić information content (AvgIpc) is 2.46. The molecule has 0 unspecified atom stereocenters. The lowest BCUT2D eigenvalue weighted by Gasteiger charge is -2.15. The fraction of sp³-hybridized carbons (Fsp3) is 0.167. The third-order valence-electron chi connectivity index (χ3n) is 3.30. The molecule has 0 aromatic heterocycles. The van der Waals surface area contributed by atoms with Crippen LogP contribution in [0, 0.1) is 6.92 Å². The van der Waals surface area contributed by atoms with Crippen molar-refractivity contribution in [1.82, 2.24) is 0 Å². The van der Waals surface area contributed by atoms with Crippen molar-refractivity contribution in [3.63, 3.8) is 0 Å². The van der Waals surface area contributed by atoms with E-state index in [0.717, 1.165) is 15.6 Å². The topological polar surface area (TPSA) is 37.3 Å². The second-order valence-corrected chi connectivity index (χ2v) is 5.84. The van der Waals surface area contributed by atoms with Gasteiger partial charge in [-0.05, 0) is 37.1 Å². The first-order valence-corrected chi connectivity index (χ1v) is 7.50. The van der Waals surface area contributed by atoms with E-state index in [1.165, 1.54) is 6.92 Å². The van der Waals surface area contributed by atoms with Crippen molar-refractivity contribution in [2.24, 2.45) is 0 Å². The van der Waals surface area contributed by atoms with Crippen molar-refractivity contribution >= 4 is 27.8 Å². The van der Waals surface area contributed by atoms with Gasteiger partial charge in [-0.3, -0.25) is 4.79 Å². The minimum atomic E-state index is -0.945. The summed E-state index contributed by atoms with van der Waals surface area (Å²) in [6, 6.07) is 15.2. The van der Waals surface area contributed by atoms with Crippen molar-refractivity contribution in [1.29, 1.82) is 0 Å². The molecule has 108 valence electrons. The van der Waals surface area contributed by atoms with E-state index in [2.05, 4.69) is 15.9 Å². The molecule has 0 heterocycles. The van der Waals surface area contributed by atoms with Gasteiger partial charge < -0.3 is 5.11 Å². The molecular weight excluding hydrogens is 328 g/mol. The van der Waals surface area contributed by atoms with Crippen LogP contribution in [0.15, 0.2) is 58.6 Å². The first-order chi connectivity index (χ1) is 9.99. The largest absolute Gasteiger partial charge is 0.383 e. The zero-order valence-electron chi connectivity index (χ0n) is 12.0. The number of halogens is 1. The summed E-state index contributed by atoms with van der Waals surface area (Å²) >= 11 is 3.41. The number of aliphatic hydroxyl groups excluding tert-OH is 1. The Morgan fingerprint density at radius 2 is 1.76 bits per heavy atom. The molecule has 0 saturated carbocycles. The summed E-state index contributed by atoms with van der Waals surface area (Å²) in [5, 5.41) is 10.5. The number of benzene rings is 2. The van der Waals surface area contributed by atoms with Gasteiger partial charge in [-0.15, -0.1) is 0 Å². The van der Waals surface area contributed by atoms with Gasteiger partial charge >= 0.3 is 0 Å². The van der Waals surface area contributed by atoms with E-state index in [-0.39, 0.29) is 5.78 Å². The Hall–Kier alpha value is -1.71. The standard InChI is InChI=1S/C18H17BrO2/c1-12-7-9-14(10-8-12)11-16(13(2)20)18(21)15-5-3-4-6-17(15)19/h3-11,18,21H,1-2H3/b16-11+/t18-/m0/s1. The molecule has 21 heavy (non-hydrogen) atoms. The molecule has 0 saturated heterocycles.